The molecule has 0 unspecified atom stereocenters. The molecule has 0 spiro atoms. The van der Waals surface area contributed by atoms with Gasteiger partial charge in [-0.3, -0.25) is 4.79 Å². The predicted octanol–water partition coefficient (Wildman–Crippen LogP) is 3.69. The molecule has 1 amide bonds. The van der Waals surface area contributed by atoms with Crippen LogP contribution in [0.5, 0.6) is 0 Å². The zero-order valence-electron chi connectivity index (χ0n) is 8.93. The quantitative estimate of drug-likeness (QED) is 0.805. The maximum absolute atomic E-state index is 11.8. The van der Waals surface area contributed by atoms with Gasteiger partial charge in [-0.1, -0.05) is 15.9 Å². The van der Waals surface area contributed by atoms with Crippen LogP contribution in [0, 0.1) is 0 Å². The van der Waals surface area contributed by atoms with Gasteiger partial charge in [0.2, 0.25) is 0 Å². The fourth-order valence-electron chi connectivity index (χ4n) is 1.19. The minimum atomic E-state index is -0.0273. The molecule has 1 aromatic rings. The summed E-state index contributed by atoms with van der Waals surface area (Å²) in [5.41, 5.74) is 0.673. The van der Waals surface area contributed by atoms with Gasteiger partial charge in [-0.2, -0.15) is 11.8 Å². The summed E-state index contributed by atoms with van der Waals surface area (Å²) in [7, 11) is 0. The summed E-state index contributed by atoms with van der Waals surface area (Å²) in [5.74, 6) is 1.04. The van der Waals surface area contributed by atoms with Crippen molar-refractivity contribution in [2.24, 2.45) is 0 Å². The van der Waals surface area contributed by atoms with E-state index in [0.29, 0.717) is 5.56 Å². The van der Waals surface area contributed by atoms with Gasteiger partial charge in [0.15, 0.2) is 0 Å². The summed E-state index contributed by atoms with van der Waals surface area (Å²) in [6.45, 7) is 0.724. The molecule has 0 heterocycles. The van der Waals surface area contributed by atoms with Crippen LogP contribution in [0.2, 0.25) is 0 Å². The highest BCUT2D eigenvalue weighted by molar-refractivity contribution is 9.11. The number of hydrogen-bond acceptors (Lipinski definition) is 2. The molecule has 1 N–H and O–H groups in total. The molecule has 0 aliphatic rings. The molecule has 5 heteroatoms. The fraction of sp³-hybridized carbons (Fsp3) is 0.364. The van der Waals surface area contributed by atoms with Crippen LogP contribution < -0.4 is 5.32 Å². The number of carbonyl (C=O) groups is 1. The Labute approximate surface area is 117 Å². The number of amides is 1. The highest BCUT2D eigenvalue weighted by Gasteiger charge is 2.08. The Kier molecular flexibility index (Phi) is 6.46. The summed E-state index contributed by atoms with van der Waals surface area (Å²) >= 11 is 8.52. The SMILES string of the molecule is CSCCCNC(=O)c1ccc(Br)cc1Br. The predicted molar refractivity (Wildman–Crippen MR) is 77.2 cm³/mol. The smallest absolute Gasteiger partial charge is 0.252 e. The molecule has 0 aliphatic carbocycles. The van der Waals surface area contributed by atoms with Crippen molar-refractivity contribution in [3.8, 4) is 0 Å². The van der Waals surface area contributed by atoms with Crippen LogP contribution >= 0.6 is 43.6 Å². The molecule has 16 heavy (non-hydrogen) atoms. The van der Waals surface area contributed by atoms with Crippen LogP contribution in [-0.2, 0) is 0 Å². The van der Waals surface area contributed by atoms with Crippen molar-refractivity contribution < 1.29 is 4.79 Å². The standard InChI is InChI=1S/C11H13Br2NOS/c1-16-6-2-5-14-11(15)9-4-3-8(12)7-10(9)13/h3-4,7H,2,5-6H2,1H3,(H,14,15). The molecular formula is C11H13Br2NOS. The number of halogens is 2. The third kappa shape index (κ3) is 4.47. The Hall–Kier alpha value is -0.000000000000000111. The van der Waals surface area contributed by atoms with E-state index in [1.807, 2.05) is 12.1 Å². The minimum absolute atomic E-state index is 0.0273. The third-order valence-electron chi connectivity index (χ3n) is 1.99. The molecule has 2 nitrogen and oxygen atoms in total. The number of thioether (sulfide) groups is 1. The number of carbonyl (C=O) groups excluding carboxylic acids is 1. The second-order valence-electron chi connectivity index (χ2n) is 3.23. The van der Waals surface area contributed by atoms with Crippen LogP contribution in [-0.4, -0.2) is 24.5 Å². The molecule has 0 radical (unpaired) electrons. The van der Waals surface area contributed by atoms with Crippen molar-refractivity contribution in [3.63, 3.8) is 0 Å². The molecule has 0 bridgehead atoms. The molecule has 0 fully saturated rings. The Morgan fingerprint density at radius 1 is 1.44 bits per heavy atom. The van der Waals surface area contributed by atoms with Gasteiger partial charge in [0, 0.05) is 15.5 Å². The first-order valence-corrected chi connectivity index (χ1v) is 7.85. The Morgan fingerprint density at radius 3 is 2.81 bits per heavy atom. The molecule has 0 saturated heterocycles. The highest BCUT2D eigenvalue weighted by Crippen LogP contribution is 2.21. The van der Waals surface area contributed by atoms with Gasteiger partial charge < -0.3 is 5.32 Å². The lowest BCUT2D eigenvalue weighted by Crippen LogP contribution is -2.25. The summed E-state index contributed by atoms with van der Waals surface area (Å²) in [6, 6.07) is 5.54. The van der Waals surface area contributed by atoms with Crippen LogP contribution in [0.1, 0.15) is 16.8 Å². The molecule has 1 aromatic carbocycles. The lowest BCUT2D eigenvalue weighted by molar-refractivity contribution is 0.0953. The highest BCUT2D eigenvalue weighted by atomic mass is 79.9. The van der Waals surface area contributed by atoms with Crippen molar-refractivity contribution in [1.82, 2.24) is 5.32 Å². The largest absolute Gasteiger partial charge is 0.352 e. The number of hydrogen-bond donors (Lipinski definition) is 1. The molecule has 88 valence electrons. The maximum Gasteiger partial charge on any atom is 0.252 e. The van der Waals surface area contributed by atoms with E-state index in [1.54, 1.807) is 17.8 Å². The molecule has 0 aromatic heterocycles. The topological polar surface area (TPSA) is 29.1 Å². The molecular weight excluding hydrogens is 354 g/mol. The first kappa shape index (κ1) is 14.1. The fourth-order valence-corrected chi connectivity index (χ4v) is 2.85. The van der Waals surface area contributed by atoms with Crippen LogP contribution in [0.4, 0.5) is 0 Å². The van der Waals surface area contributed by atoms with Crippen LogP contribution in [0.15, 0.2) is 27.1 Å². The van der Waals surface area contributed by atoms with E-state index in [9.17, 15) is 4.79 Å². The second-order valence-corrected chi connectivity index (χ2v) is 5.98. The summed E-state index contributed by atoms with van der Waals surface area (Å²) in [6.07, 6.45) is 3.06. The summed E-state index contributed by atoms with van der Waals surface area (Å²) in [4.78, 5) is 11.8. The van der Waals surface area contributed by atoms with E-state index in [-0.39, 0.29) is 5.91 Å². The van der Waals surface area contributed by atoms with E-state index >= 15 is 0 Å². The normalized spacial score (nSPS) is 10.2. The second kappa shape index (κ2) is 7.35. The average Bonchev–Trinajstić information content (AvgIpc) is 2.24. The first-order chi connectivity index (χ1) is 7.65. The molecule has 0 saturated carbocycles. The Morgan fingerprint density at radius 2 is 2.19 bits per heavy atom. The van der Waals surface area contributed by atoms with Crippen molar-refractivity contribution >= 4 is 49.5 Å². The van der Waals surface area contributed by atoms with E-state index in [1.165, 1.54) is 0 Å². The summed E-state index contributed by atoms with van der Waals surface area (Å²) < 4.78 is 1.77. The monoisotopic (exact) mass is 365 g/mol. The molecule has 0 aliphatic heterocycles. The molecule has 1 rings (SSSR count). The minimum Gasteiger partial charge on any atom is -0.352 e. The summed E-state index contributed by atoms with van der Waals surface area (Å²) in [5, 5.41) is 2.90. The van der Waals surface area contributed by atoms with E-state index in [2.05, 4.69) is 43.4 Å². The van der Waals surface area contributed by atoms with E-state index in [4.69, 9.17) is 0 Å². The lowest BCUT2D eigenvalue weighted by Gasteiger charge is -2.06. The van der Waals surface area contributed by atoms with Crippen molar-refractivity contribution in [2.75, 3.05) is 18.6 Å². The zero-order chi connectivity index (χ0) is 12.0. The Bertz CT molecular complexity index is 371. The van der Waals surface area contributed by atoms with Gasteiger partial charge in [-0.25, -0.2) is 0 Å². The number of rotatable bonds is 5. The average molecular weight is 367 g/mol. The van der Waals surface area contributed by atoms with Crippen molar-refractivity contribution in [2.45, 2.75) is 6.42 Å². The first-order valence-electron chi connectivity index (χ1n) is 4.87. The van der Waals surface area contributed by atoms with Gasteiger partial charge in [0.05, 0.1) is 5.56 Å². The van der Waals surface area contributed by atoms with Crippen molar-refractivity contribution in [3.05, 3.63) is 32.7 Å². The van der Waals surface area contributed by atoms with Gasteiger partial charge in [-0.05, 0) is 52.6 Å². The lowest BCUT2D eigenvalue weighted by atomic mass is 10.2. The Balaban J connectivity index is 2.53. The number of benzene rings is 1. The van der Waals surface area contributed by atoms with Gasteiger partial charge in [0.25, 0.3) is 5.91 Å². The van der Waals surface area contributed by atoms with Gasteiger partial charge in [0.1, 0.15) is 0 Å². The van der Waals surface area contributed by atoms with E-state index in [0.717, 1.165) is 27.7 Å². The van der Waals surface area contributed by atoms with Crippen LogP contribution in [0.3, 0.4) is 0 Å². The van der Waals surface area contributed by atoms with Gasteiger partial charge in [-0.15, -0.1) is 0 Å². The zero-order valence-corrected chi connectivity index (χ0v) is 12.9. The van der Waals surface area contributed by atoms with Crippen LogP contribution in [0.25, 0.3) is 0 Å². The van der Waals surface area contributed by atoms with Crippen molar-refractivity contribution in [1.29, 1.82) is 0 Å². The third-order valence-corrected chi connectivity index (χ3v) is 3.83. The molecule has 0 atom stereocenters. The number of nitrogens with one attached hydrogen (secondary N) is 1. The van der Waals surface area contributed by atoms with Gasteiger partial charge >= 0.3 is 0 Å². The van der Waals surface area contributed by atoms with E-state index < -0.39 is 0 Å². The maximum atomic E-state index is 11.8.